The maximum absolute atomic E-state index is 4.44. The molecule has 72 valence electrons. The highest BCUT2D eigenvalue weighted by atomic mass is 15.4. The van der Waals surface area contributed by atoms with E-state index in [9.17, 15) is 0 Å². The first kappa shape index (κ1) is 8.41. The summed E-state index contributed by atoms with van der Waals surface area (Å²) in [6, 6.07) is 2.10. The van der Waals surface area contributed by atoms with Gasteiger partial charge in [0, 0.05) is 33.3 Å². The van der Waals surface area contributed by atoms with Gasteiger partial charge in [0.05, 0.1) is 0 Å². The first-order valence-corrected chi connectivity index (χ1v) is 4.78. The number of hydrogen-bond donors (Lipinski definition) is 1. The predicted molar refractivity (Wildman–Crippen MR) is 54.2 cm³/mol. The van der Waals surface area contributed by atoms with E-state index in [1.165, 1.54) is 12.8 Å². The molecule has 13 heavy (non-hydrogen) atoms. The van der Waals surface area contributed by atoms with E-state index >= 15 is 0 Å². The molecule has 1 aromatic heterocycles. The molecular formula is C9H16N4. The van der Waals surface area contributed by atoms with Crippen LogP contribution >= 0.6 is 0 Å². The topological polar surface area (TPSA) is 33.1 Å². The van der Waals surface area contributed by atoms with Crippen molar-refractivity contribution in [2.45, 2.75) is 12.8 Å². The van der Waals surface area contributed by atoms with Crippen LogP contribution in [0.3, 0.4) is 0 Å². The largest absolute Gasteiger partial charge is 0.373 e. The van der Waals surface area contributed by atoms with Gasteiger partial charge in [-0.2, -0.15) is 5.10 Å². The molecule has 1 aliphatic rings. The minimum Gasteiger partial charge on any atom is -0.373 e. The van der Waals surface area contributed by atoms with Crippen LogP contribution in [0.2, 0.25) is 0 Å². The average molecular weight is 180 g/mol. The Hall–Kier alpha value is -1.19. The number of rotatable bonds is 2. The number of anilines is 2. The molecule has 0 aliphatic carbocycles. The van der Waals surface area contributed by atoms with E-state index in [0.717, 1.165) is 24.7 Å². The highest BCUT2D eigenvalue weighted by Gasteiger charge is 2.15. The lowest BCUT2D eigenvalue weighted by atomic mass is 10.4. The summed E-state index contributed by atoms with van der Waals surface area (Å²) in [4.78, 5) is 2.33. The molecule has 4 heteroatoms. The SMILES string of the molecule is CNc1cc(N2CCCC2)nn1C. The Bertz CT molecular complexity index is 286. The van der Waals surface area contributed by atoms with Crippen LogP contribution in [0.5, 0.6) is 0 Å². The molecule has 0 radical (unpaired) electrons. The fourth-order valence-corrected chi connectivity index (χ4v) is 1.79. The first-order chi connectivity index (χ1) is 6.31. The highest BCUT2D eigenvalue weighted by molar-refractivity contribution is 5.50. The zero-order valence-electron chi connectivity index (χ0n) is 8.25. The van der Waals surface area contributed by atoms with Crippen molar-refractivity contribution >= 4 is 11.6 Å². The molecule has 1 aromatic rings. The lowest BCUT2D eigenvalue weighted by molar-refractivity contribution is 0.761. The summed E-state index contributed by atoms with van der Waals surface area (Å²) in [7, 11) is 3.89. The van der Waals surface area contributed by atoms with Crippen LogP contribution in [0.25, 0.3) is 0 Å². The third kappa shape index (κ3) is 1.48. The molecule has 0 aromatic carbocycles. The summed E-state index contributed by atoms with van der Waals surface area (Å²) in [5.74, 6) is 2.17. The normalized spacial score (nSPS) is 16.6. The summed E-state index contributed by atoms with van der Waals surface area (Å²) in [5, 5.41) is 7.56. The van der Waals surface area contributed by atoms with E-state index < -0.39 is 0 Å². The van der Waals surface area contributed by atoms with E-state index in [1.54, 1.807) is 0 Å². The van der Waals surface area contributed by atoms with Gasteiger partial charge in [-0.1, -0.05) is 0 Å². The van der Waals surface area contributed by atoms with Gasteiger partial charge in [0.2, 0.25) is 0 Å². The Morgan fingerprint density at radius 2 is 2.08 bits per heavy atom. The minimum atomic E-state index is 1.07. The quantitative estimate of drug-likeness (QED) is 0.738. The molecule has 0 spiro atoms. The maximum Gasteiger partial charge on any atom is 0.152 e. The number of hydrogen-bond acceptors (Lipinski definition) is 3. The van der Waals surface area contributed by atoms with Crippen LogP contribution in [0.4, 0.5) is 11.6 Å². The number of aryl methyl sites for hydroxylation is 1. The van der Waals surface area contributed by atoms with Gasteiger partial charge < -0.3 is 10.2 Å². The van der Waals surface area contributed by atoms with Gasteiger partial charge in [0.15, 0.2) is 5.82 Å². The van der Waals surface area contributed by atoms with E-state index in [1.807, 2.05) is 18.8 Å². The number of nitrogens with one attached hydrogen (secondary N) is 1. The van der Waals surface area contributed by atoms with Gasteiger partial charge in [0.1, 0.15) is 5.82 Å². The van der Waals surface area contributed by atoms with E-state index in [0.29, 0.717) is 0 Å². The Morgan fingerprint density at radius 3 is 2.62 bits per heavy atom. The Balaban J connectivity index is 2.20. The van der Waals surface area contributed by atoms with Crippen molar-refractivity contribution in [2.24, 2.45) is 7.05 Å². The van der Waals surface area contributed by atoms with Crippen molar-refractivity contribution in [1.82, 2.24) is 9.78 Å². The standard InChI is InChI=1S/C9H16N4/c1-10-8-7-9(11-12(8)2)13-5-3-4-6-13/h7,10H,3-6H2,1-2H3. The van der Waals surface area contributed by atoms with Gasteiger partial charge in [-0.3, -0.25) is 4.68 Å². The van der Waals surface area contributed by atoms with Crippen LogP contribution in [-0.4, -0.2) is 29.9 Å². The Morgan fingerprint density at radius 1 is 1.38 bits per heavy atom. The summed E-state index contributed by atoms with van der Waals surface area (Å²) >= 11 is 0. The van der Waals surface area contributed by atoms with Crippen LogP contribution in [0.1, 0.15) is 12.8 Å². The van der Waals surface area contributed by atoms with Crippen molar-refractivity contribution in [3.63, 3.8) is 0 Å². The molecule has 0 atom stereocenters. The fourth-order valence-electron chi connectivity index (χ4n) is 1.79. The minimum absolute atomic E-state index is 1.07. The first-order valence-electron chi connectivity index (χ1n) is 4.78. The molecule has 0 saturated carbocycles. The van der Waals surface area contributed by atoms with Crippen molar-refractivity contribution < 1.29 is 0 Å². The van der Waals surface area contributed by atoms with Crippen molar-refractivity contribution in [1.29, 1.82) is 0 Å². The third-order valence-corrected chi connectivity index (χ3v) is 2.55. The average Bonchev–Trinajstić information content (AvgIpc) is 2.71. The molecule has 2 rings (SSSR count). The molecule has 4 nitrogen and oxygen atoms in total. The summed E-state index contributed by atoms with van der Waals surface area (Å²) in [6.45, 7) is 2.31. The van der Waals surface area contributed by atoms with Gasteiger partial charge in [-0.25, -0.2) is 0 Å². The van der Waals surface area contributed by atoms with E-state index in [2.05, 4.69) is 21.4 Å². The second-order valence-corrected chi connectivity index (χ2v) is 3.46. The molecule has 1 N–H and O–H groups in total. The summed E-state index contributed by atoms with van der Waals surface area (Å²) < 4.78 is 1.88. The van der Waals surface area contributed by atoms with Crippen LogP contribution in [0, 0.1) is 0 Å². The monoisotopic (exact) mass is 180 g/mol. The molecule has 1 fully saturated rings. The molecule has 0 bridgehead atoms. The van der Waals surface area contributed by atoms with Crippen molar-refractivity contribution in [3.8, 4) is 0 Å². The molecular weight excluding hydrogens is 164 g/mol. The second-order valence-electron chi connectivity index (χ2n) is 3.46. The van der Waals surface area contributed by atoms with Crippen LogP contribution < -0.4 is 10.2 Å². The van der Waals surface area contributed by atoms with Crippen LogP contribution in [-0.2, 0) is 7.05 Å². The maximum atomic E-state index is 4.44. The molecule has 0 unspecified atom stereocenters. The van der Waals surface area contributed by atoms with Gasteiger partial charge >= 0.3 is 0 Å². The molecule has 2 heterocycles. The Kier molecular flexibility index (Phi) is 2.12. The highest BCUT2D eigenvalue weighted by Crippen LogP contribution is 2.21. The van der Waals surface area contributed by atoms with E-state index in [-0.39, 0.29) is 0 Å². The molecule has 0 amide bonds. The van der Waals surface area contributed by atoms with E-state index in [4.69, 9.17) is 0 Å². The van der Waals surface area contributed by atoms with Crippen molar-refractivity contribution in [2.75, 3.05) is 30.4 Å². The predicted octanol–water partition coefficient (Wildman–Crippen LogP) is 1.06. The smallest absolute Gasteiger partial charge is 0.152 e. The zero-order valence-corrected chi connectivity index (χ0v) is 8.25. The lowest BCUT2D eigenvalue weighted by Gasteiger charge is -2.12. The molecule has 1 saturated heterocycles. The van der Waals surface area contributed by atoms with Gasteiger partial charge in [0.25, 0.3) is 0 Å². The number of aromatic nitrogens is 2. The van der Waals surface area contributed by atoms with Gasteiger partial charge in [-0.05, 0) is 12.8 Å². The lowest BCUT2D eigenvalue weighted by Crippen LogP contribution is -2.18. The fraction of sp³-hybridized carbons (Fsp3) is 0.667. The summed E-state index contributed by atoms with van der Waals surface area (Å²) in [6.07, 6.45) is 2.59. The zero-order chi connectivity index (χ0) is 9.26. The number of nitrogens with zero attached hydrogens (tertiary/aromatic N) is 3. The second kappa shape index (κ2) is 3.28. The third-order valence-electron chi connectivity index (χ3n) is 2.55. The van der Waals surface area contributed by atoms with Gasteiger partial charge in [-0.15, -0.1) is 0 Å². The summed E-state index contributed by atoms with van der Waals surface area (Å²) in [5.41, 5.74) is 0. The van der Waals surface area contributed by atoms with Crippen LogP contribution in [0.15, 0.2) is 6.07 Å². The molecule has 1 aliphatic heterocycles. The Labute approximate surface area is 78.5 Å². The van der Waals surface area contributed by atoms with Crippen molar-refractivity contribution in [3.05, 3.63) is 6.07 Å².